The Bertz CT molecular complexity index is 444. The molecule has 4 rings (SSSR count). The fraction of sp³-hybridized carbons (Fsp3) is 0. The second-order valence-electron chi connectivity index (χ2n) is 4.19. The maximum Gasteiger partial charge on any atom is 4.00 e. The molecule has 0 heterocycles. The second-order valence-corrected chi connectivity index (χ2v) is 4.19. The number of hydrogen-bond donors (Lipinski definition) is 0. The summed E-state index contributed by atoms with van der Waals surface area (Å²) >= 11 is 0. The summed E-state index contributed by atoms with van der Waals surface area (Å²) < 4.78 is 0. The molecule has 0 aromatic heterocycles. The summed E-state index contributed by atoms with van der Waals surface area (Å²) in [5.74, 6) is 0. The van der Waals surface area contributed by atoms with Crippen LogP contribution >= 0.6 is 0 Å². The van der Waals surface area contributed by atoms with Gasteiger partial charge in [0.2, 0.25) is 0 Å². The Morgan fingerprint density at radius 2 is 0.667 bits per heavy atom. The van der Waals surface area contributed by atoms with Crippen LogP contribution in [0.5, 0.6) is 0 Å². The van der Waals surface area contributed by atoms with Crippen LogP contribution in [0, 0.1) is 18.2 Å². The van der Waals surface area contributed by atoms with Gasteiger partial charge in [0, 0.05) is 0 Å². The number of hydrogen-bond acceptors (Lipinski definition) is 0. The van der Waals surface area contributed by atoms with Crippen molar-refractivity contribution in [1.29, 1.82) is 0 Å². The van der Waals surface area contributed by atoms with Gasteiger partial charge >= 0.3 is 26.2 Å². The fourth-order valence-corrected chi connectivity index (χ4v) is 1.35. The van der Waals surface area contributed by atoms with Crippen molar-refractivity contribution in [3.63, 3.8) is 0 Å². The number of benzene rings is 3. The van der Waals surface area contributed by atoms with Gasteiger partial charge in [-0.2, -0.15) is 127 Å². The molecule has 0 spiro atoms. The first-order chi connectivity index (χ1) is 11.5. The van der Waals surface area contributed by atoms with E-state index in [1.165, 1.54) is 0 Å². The SMILES string of the molecule is [Zr+4].[c-]1ccccc1.[c-]1ccccc1.[c-]1ccccc1.c1cc[cH-]c1. The Labute approximate surface area is 165 Å². The first-order valence-corrected chi connectivity index (χ1v) is 7.40. The minimum atomic E-state index is 0. The monoisotopic (exact) mass is 386 g/mol. The summed E-state index contributed by atoms with van der Waals surface area (Å²) in [6, 6.07) is 47.5. The standard InChI is InChI=1S/3C6H5.C5H5.Zr/c3*1-2-4-6-5-3-1;1-2-4-5-3-1;/h3*1-5H;1-5H;/q4*-1;+4. The van der Waals surface area contributed by atoms with Crippen molar-refractivity contribution in [2.24, 2.45) is 0 Å². The van der Waals surface area contributed by atoms with Crippen molar-refractivity contribution in [1.82, 2.24) is 0 Å². The van der Waals surface area contributed by atoms with Crippen LogP contribution in [-0.2, 0) is 26.2 Å². The molecule has 0 radical (unpaired) electrons. The molecule has 0 aliphatic rings. The molecular weight excluding hydrogens is 367 g/mol. The minimum Gasteiger partial charge on any atom is -0.214 e. The first-order valence-electron chi connectivity index (χ1n) is 7.40. The quantitative estimate of drug-likeness (QED) is 0.331. The van der Waals surface area contributed by atoms with Crippen molar-refractivity contribution in [3.05, 3.63) is 140 Å². The molecular formula is C23H20Zr. The first kappa shape index (κ1) is 21.9. The van der Waals surface area contributed by atoms with Crippen molar-refractivity contribution in [2.75, 3.05) is 0 Å². The van der Waals surface area contributed by atoms with E-state index >= 15 is 0 Å². The topological polar surface area (TPSA) is 0 Å². The summed E-state index contributed by atoms with van der Waals surface area (Å²) in [6.07, 6.45) is 0. The molecule has 4 aromatic rings. The van der Waals surface area contributed by atoms with Crippen LogP contribution in [0.25, 0.3) is 0 Å². The average Bonchev–Trinajstić information content (AvgIpc) is 3.27. The molecule has 0 N–H and O–H groups in total. The Morgan fingerprint density at radius 1 is 0.375 bits per heavy atom. The van der Waals surface area contributed by atoms with Crippen LogP contribution in [0.2, 0.25) is 0 Å². The molecule has 4 aromatic carbocycles. The molecule has 0 aliphatic heterocycles. The van der Waals surface area contributed by atoms with E-state index in [0.29, 0.717) is 0 Å². The van der Waals surface area contributed by atoms with Crippen LogP contribution in [-0.4, -0.2) is 0 Å². The Balaban J connectivity index is 0.000000291. The average molecular weight is 388 g/mol. The van der Waals surface area contributed by atoms with E-state index in [9.17, 15) is 0 Å². The van der Waals surface area contributed by atoms with Gasteiger partial charge < -0.3 is 0 Å². The van der Waals surface area contributed by atoms with Crippen LogP contribution in [0.3, 0.4) is 0 Å². The van der Waals surface area contributed by atoms with E-state index in [4.69, 9.17) is 0 Å². The van der Waals surface area contributed by atoms with Crippen LogP contribution in [0.1, 0.15) is 0 Å². The third kappa shape index (κ3) is 16.3. The van der Waals surface area contributed by atoms with Gasteiger partial charge in [-0.25, -0.2) is 12.1 Å². The number of rotatable bonds is 0. The normalized spacial score (nSPS) is 7.67. The molecule has 0 saturated carbocycles. The van der Waals surface area contributed by atoms with E-state index in [0.717, 1.165) is 0 Å². The third-order valence-electron chi connectivity index (χ3n) is 2.38. The van der Waals surface area contributed by atoms with Crippen molar-refractivity contribution >= 4 is 0 Å². The predicted molar refractivity (Wildman–Crippen MR) is 97.9 cm³/mol. The van der Waals surface area contributed by atoms with Crippen LogP contribution in [0.15, 0.2) is 121 Å². The molecule has 0 aliphatic carbocycles. The van der Waals surface area contributed by atoms with Gasteiger partial charge in [0.05, 0.1) is 0 Å². The summed E-state index contributed by atoms with van der Waals surface area (Å²) in [5.41, 5.74) is 0. The van der Waals surface area contributed by atoms with Gasteiger partial charge in [-0.15, -0.1) is 0 Å². The van der Waals surface area contributed by atoms with Gasteiger partial charge in [0.1, 0.15) is 0 Å². The van der Waals surface area contributed by atoms with Crippen LogP contribution < -0.4 is 0 Å². The molecule has 1 heteroatoms. The smallest absolute Gasteiger partial charge is 0.214 e. The van der Waals surface area contributed by atoms with E-state index in [1.54, 1.807) is 0 Å². The van der Waals surface area contributed by atoms with Crippen molar-refractivity contribution in [2.45, 2.75) is 0 Å². The summed E-state index contributed by atoms with van der Waals surface area (Å²) in [7, 11) is 0. The van der Waals surface area contributed by atoms with Gasteiger partial charge in [-0.3, -0.25) is 0 Å². The molecule has 24 heavy (non-hydrogen) atoms. The molecule has 0 unspecified atom stereocenters. The van der Waals surface area contributed by atoms with Gasteiger partial charge in [0.25, 0.3) is 0 Å². The Kier molecular flexibility index (Phi) is 17.3. The molecule has 0 atom stereocenters. The maximum atomic E-state index is 2.89. The zero-order valence-corrected chi connectivity index (χ0v) is 16.0. The summed E-state index contributed by atoms with van der Waals surface area (Å²) in [6.45, 7) is 0. The van der Waals surface area contributed by atoms with Gasteiger partial charge in [0.15, 0.2) is 0 Å². The van der Waals surface area contributed by atoms with Gasteiger partial charge in [-0.1, -0.05) is 0 Å². The molecule has 0 saturated heterocycles. The van der Waals surface area contributed by atoms with Crippen molar-refractivity contribution < 1.29 is 26.2 Å². The minimum absolute atomic E-state index is 0. The third-order valence-corrected chi connectivity index (χ3v) is 2.38. The molecule has 116 valence electrons. The largest absolute Gasteiger partial charge is 4.00 e. The van der Waals surface area contributed by atoms with E-state index in [-0.39, 0.29) is 26.2 Å². The predicted octanol–water partition coefficient (Wildman–Crippen LogP) is 5.86. The van der Waals surface area contributed by atoms with Gasteiger partial charge in [-0.05, 0) is 0 Å². The van der Waals surface area contributed by atoms with Crippen molar-refractivity contribution in [3.8, 4) is 0 Å². The van der Waals surface area contributed by atoms with E-state index in [2.05, 4.69) is 18.2 Å². The zero-order chi connectivity index (χ0) is 16.3. The molecule has 0 amide bonds. The summed E-state index contributed by atoms with van der Waals surface area (Å²) in [5, 5.41) is 0. The van der Waals surface area contributed by atoms with E-state index < -0.39 is 0 Å². The molecule has 0 nitrogen and oxygen atoms in total. The van der Waals surface area contributed by atoms with Crippen LogP contribution in [0.4, 0.5) is 0 Å². The Hall–Kier alpha value is -2.11. The van der Waals surface area contributed by atoms with E-state index in [1.807, 2.05) is 121 Å². The maximum absolute atomic E-state index is 2.89. The molecule has 0 fully saturated rings. The fourth-order valence-electron chi connectivity index (χ4n) is 1.35. The summed E-state index contributed by atoms with van der Waals surface area (Å²) in [4.78, 5) is 0. The molecule has 0 bridgehead atoms. The second kappa shape index (κ2) is 18.9. The Morgan fingerprint density at radius 3 is 0.750 bits per heavy atom. The zero-order valence-electron chi connectivity index (χ0n) is 13.5.